The monoisotopic (exact) mass is 200 g/mol. The molecule has 1 aromatic rings. The van der Waals surface area contributed by atoms with Crippen LogP contribution in [0.1, 0.15) is 23.0 Å². The molecule has 0 unspecified atom stereocenters. The highest BCUT2D eigenvalue weighted by Gasteiger charge is 2.18. The van der Waals surface area contributed by atoms with Gasteiger partial charge in [-0.3, -0.25) is 4.68 Å². The lowest BCUT2D eigenvalue weighted by molar-refractivity contribution is 0.0692. The number of rotatable bonds is 3. The summed E-state index contributed by atoms with van der Waals surface area (Å²) >= 11 is 1.36. The molecule has 0 aliphatic rings. The Morgan fingerprint density at radius 2 is 2.31 bits per heavy atom. The lowest BCUT2D eigenvalue weighted by atomic mass is 10.3. The zero-order chi connectivity index (χ0) is 10.0. The molecule has 13 heavy (non-hydrogen) atoms. The number of hydrogen-bond acceptors (Lipinski definition) is 3. The largest absolute Gasteiger partial charge is 0.478 e. The fraction of sp³-hybridized carbons (Fsp3) is 0.500. The zero-order valence-electron chi connectivity index (χ0n) is 7.87. The molecule has 0 saturated carbocycles. The van der Waals surface area contributed by atoms with E-state index >= 15 is 0 Å². The average Bonchev–Trinajstić information content (AvgIpc) is 2.41. The minimum Gasteiger partial charge on any atom is -0.478 e. The maximum Gasteiger partial charge on any atom is 0.340 e. The van der Waals surface area contributed by atoms with Crippen LogP contribution in [-0.4, -0.2) is 27.1 Å². The van der Waals surface area contributed by atoms with Gasteiger partial charge in [0.05, 0.1) is 5.69 Å². The van der Waals surface area contributed by atoms with E-state index in [0.29, 0.717) is 17.1 Å². The van der Waals surface area contributed by atoms with Crippen LogP contribution in [0.15, 0.2) is 5.03 Å². The first-order valence-corrected chi connectivity index (χ1v) is 5.19. The van der Waals surface area contributed by atoms with Crippen LogP contribution in [0.4, 0.5) is 0 Å². The van der Waals surface area contributed by atoms with Gasteiger partial charge in [0.2, 0.25) is 0 Å². The predicted octanol–water partition coefficient (Wildman–Crippen LogP) is 1.63. The molecule has 4 nitrogen and oxygen atoms in total. The van der Waals surface area contributed by atoms with E-state index in [1.165, 1.54) is 11.8 Å². The van der Waals surface area contributed by atoms with E-state index in [-0.39, 0.29) is 0 Å². The van der Waals surface area contributed by atoms with Gasteiger partial charge in [-0.1, -0.05) is 0 Å². The second kappa shape index (κ2) is 3.83. The molecule has 72 valence electrons. The van der Waals surface area contributed by atoms with Crippen molar-refractivity contribution < 1.29 is 9.90 Å². The lowest BCUT2D eigenvalue weighted by Crippen LogP contribution is -2.02. The number of nitrogens with zero attached hydrogens (tertiary/aromatic N) is 2. The maximum atomic E-state index is 10.9. The molecule has 1 heterocycles. The Labute approximate surface area is 80.9 Å². The minimum absolute atomic E-state index is 0.328. The van der Waals surface area contributed by atoms with E-state index in [0.717, 1.165) is 5.69 Å². The van der Waals surface area contributed by atoms with E-state index in [9.17, 15) is 4.79 Å². The highest BCUT2D eigenvalue weighted by molar-refractivity contribution is 7.98. The average molecular weight is 200 g/mol. The smallest absolute Gasteiger partial charge is 0.340 e. The van der Waals surface area contributed by atoms with Crippen molar-refractivity contribution in [2.75, 3.05) is 6.26 Å². The summed E-state index contributed by atoms with van der Waals surface area (Å²) in [5.41, 5.74) is 1.05. The number of aromatic nitrogens is 2. The molecule has 0 radical (unpaired) electrons. The van der Waals surface area contributed by atoms with Gasteiger partial charge in [-0.15, -0.1) is 11.8 Å². The Kier molecular flexibility index (Phi) is 2.98. The van der Waals surface area contributed by atoms with Crippen LogP contribution in [0.3, 0.4) is 0 Å². The van der Waals surface area contributed by atoms with Crippen molar-refractivity contribution in [1.29, 1.82) is 0 Å². The van der Waals surface area contributed by atoms with Crippen molar-refractivity contribution >= 4 is 17.7 Å². The van der Waals surface area contributed by atoms with Crippen LogP contribution in [0.25, 0.3) is 0 Å². The highest BCUT2D eigenvalue weighted by atomic mass is 32.2. The summed E-state index contributed by atoms with van der Waals surface area (Å²) in [5, 5.41) is 13.7. The molecule has 1 N–H and O–H groups in total. The number of carbonyl (C=O) groups is 1. The first kappa shape index (κ1) is 10.1. The Hall–Kier alpha value is -0.970. The minimum atomic E-state index is -0.901. The molecule has 1 aromatic heterocycles. The zero-order valence-corrected chi connectivity index (χ0v) is 8.68. The Bertz CT molecular complexity index is 333. The Balaban J connectivity index is 3.28. The molecule has 0 aliphatic carbocycles. The number of carboxylic acid groups (broad SMARTS) is 1. The van der Waals surface area contributed by atoms with Crippen LogP contribution in [0.5, 0.6) is 0 Å². The third-order valence-corrected chi connectivity index (χ3v) is 2.55. The van der Waals surface area contributed by atoms with Gasteiger partial charge in [0.25, 0.3) is 0 Å². The molecular formula is C8H12N2O2S. The standard InChI is InChI=1S/C8H12N2O2S/c1-4-10-5(2)6(8(11)12)7(9-10)13-3/h4H2,1-3H3,(H,11,12). The molecular weight excluding hydrogens is 188 g/mol. The van der Waals surface area contributed by atoms with E-state index in [1.54, 1.807) is 11.6 Å². The van der Waals surface area contributed by atoms with Gasteiger partial charge >= 0.3 is 5.97 Å². The SMILES string of the molecule is CCn1nc(SC)c(C(=O)O)c1C. The van der Waals surface area contributed by atoms with Crippen LogP contribution >= 0.6 is 11.8 Å². The molecule has 0 bridgehead atoms. The predicted molar refractivity (Wildman–Crippen MR) is 51.4 cm³/mol. The molecule has 0 amide bonds. The number of aromatic carboxylic acids is 1. The van der Waals surface area contributed by atoms with Crippen LogP contribution in [-0.2, 0) is 6.54 Å². The van der Waals surface area contributed by atoms with Gasteiger partial charge in [0.15, 0.2) is 0 Å². The van der Waals surface area contributed by atoms with Crippen molar-refractivity contribution in [2.45, 2.75) is 25.4 Å². The molecule has 0 saturated heterocycles. The summed E-state index contributed by atoms with van der Waals surface area (Å²) in [6, 6.07) is 0. The van der Waals surface area contributed by atoms with Crippen molar-refractivity contribution in [3.63, 3.8) is 0 Å². The molecule has 0 fully saturated rings. The summed E-state index contributed by atoms with van der Waals surface area (Å²) in [5.74, 6) is -0.901. The third kappa shape index (κ3) is 1.70. The molecule has 0 aromatic carbocycles. The summed E-state index contributed by atoms with van der Waals surface area (Å²) in [4.78, 5) is 10.9. The van der Waals surface area contributed by atoms with Crippen molar-refractivity contribution in [2.24, 2.45) is 0 Å². The van der Waals surface area contributed by atoms with Gasteiger partial charge in [0.1, 0.15) is 10.6 Å². The maximum absolute atomic E-state index is 10.9. The first-order chi connectivity index (χ1) is 6.11. The number of thioether (sulfide) groups is 1. The number of carboxylic acids is 1. The van der Waals surface area contributed by atoms with E-state index in [1.807, 2.05) is 13.2 Å². The van der Waals surface area contributed by atoms with Gasteiger partial charge in [0, 0.05) is 6.54 Å². The second-order valence-corrected chi connectivity index (χ2v) is 3.39. The van der Waals surface area contributed by atoms with Gasteiger partial charge < -0.3 is 5.11 Å². The normalized spacial score (nSPS) is 10.4. The lowest BCUT2D eigenvalue weighted by Gasteiger charge is -1.97. The number of aryl methyl sites for hydroxylation is 1. The fourth-order valence-electron chi connectivity index (χ4n) is 1.22. The summed E-state index contributed by atoms with van der Waals surface area (Å²) in [6.45, 7) is 4.42. The van der Waals surface area contributed by atoms with Crippen LogP contribution in [0.2, 0.25) is 0 Å². The van der Waals surface area contributed by atoms with Gasteiger partial charge in [-0.25, -0.2) is 4.79 Å². The topological polar surface area (TPSA) is 55.1 Å². The molecule has 5 heteroatoms. The van der Waals surface area contributed by atoms with Crippen molar-refractivity contribution in [3.05, 3.63) is 11.3 Å². The van der Waals surface area contributed by atoms with Crippen LogP contribution < -0.4 is 0 Å². The highest BCUT2D eigenvalue weighted by Crippen LogP contribution is 2.21. The molecule has 0 atom stereocenters. The first-order valence-electron chi connectivity index (χ1n) is 3.96. The third-order valence-electron chi connectivity index (χ3n) is 1.88. The molecule has 0 spiro atoms. The second-order valence-electron chi connectivity index (χ2n) is 2.59. The van der Waals surface area contributed by atoms with E-state index in [2.05, 4.69) is 5.10 Å². The molecule has 0 aliphatic heterocycles. The fourth-order valence-corrected chi connectivity index (χ4v) is 1.83. The van der Waals surface area contributed by atoms with Gasteiger partial charge in [-0.05, 0) is 20.1 Å². The van der Waals surface area contributed by atoms with E-state index in [4.69, 9.17) is 5.11 Å². The van der Waals surface area contributed by atoms with Crippen LogP contribution in [0, 0.1) is 6.92 Å². The van der Waals surface area contributed by atoms with Gasteiger partial charge in [-0.2, -0.15) is 5.10 Å². The quantitative estimate of drug-likeness (QED) is 0.753. The van der Waals surface area contributed by atoms with Crippen molar-refractivity contribution in [3.8, 4) is 0 Å². The Morgan fingerprint density at radius 1 is 1.69 bits per heavy atom. The Morgan fingerprint density at radius 3 is 2.62 bits per heavy atom. The van der Waals surface area contributed by atoms with E-state index < -0.39 is 5.97 Å². The molecule has 1 rings (SSSR count). The summed E-state index contributed by atoms with van der Waals surface area (Å²) < 4.78 is 1.70. The number of hydrogen-bond donors (Lipinski definition) is 1. The summed E-state index contributed by atoms with van der Waals surface area (Å²) in [6.07, 6.45) is 1.83. The van der Waals surface area contributed by atoms with Crippen molar-refractivity contribution in [1.82, 2.24) is 9.78 Å². The summed E-state index contributed by atoms with van der Waals surface area (Å²) in [7, 11) is 0.